The third-order valence-electron chi connectivity index (χ3n) is 10.8. The van der Waals surface area contributed by atoms with Crippen molar-refractivity contribution in [2.45, 2.75) is 99.8 Å². The molecule has 4 aromatic rings. The molecule has 2 saturated heterocycles. The number of esters is 1. The van der Waals surface area contributed by atoms with Gasteiger partial charge in [0, 0.05) is 34.3 Å². The minimum atomic E-state index is -5.52. The second kappa shape index (κ2) is 15.4. The molecule has 2 aliphatic heterocycles. The van der Waals surface area contributed by atoms with Gasteiger partial charge in [-0.2, -0.15) is 22.0 Å². The number of piperidine rings is 1. The number of ether oxygens (including phenoxy) is 2. The average Bonchev–Trinajstić information content (AvgIpc) is 3.77. The van der Waals surface area contributed by atoms with Gasteiger partial charge in [-0.3, -0.25) is 9.59 Å². The van der Waals surface area contributed by atoms with Crippen LogP contribution in [0.15, 0.2) is 84.9 Å². The van der Waals surface area contributed by atoms with Crippen LogP contribution in [0.1, 0.15) is 68.6 Å². The van der Waals surface area contributed by atoms with E-state index in [2.05, 4.69) is 0 Å². The number of halogens is 6. The predicted octanol–water partition coefficient (Wildman–Crippen LogP) is 8.39. The third kappa shape index (κ3) is 8.28. The molecule has 8 nitrogen and oxygen atoms in total. The Morgan fingerprint density at radius 3 is 1.98 bits per heavy atom. The Kier molecular flexibility index (Phi) is 10.8. The molecule has 1 aliphatic carbocycles. The predicted molar refractivity (Wildman–Crippen MR) is 195 cm³/mol. The number of hydrogen-bond acceptors (Lipinski definition) is 6. The van der Waals surface area contributed by atoms with E-state index in [1.54, 1.807) is 42.5 Å². The van der Waals surface area contributed by atoms with Crippen LogP contribution in [0, 0.1) is 0 Å². The molecule has 3 N–H and O–H groups in total. The molecular weight excluding hydrogens is 745 g/mol. The molecule has 2 amide bonds. The van der Waals surface area contributed by atoms with Gasteiger partial charge in [0.05, 0.1) is 6.10 Å². The van der Waals surface area contributed by atoms with Crippen molar-refractivity contribution in [2.75, 3.05) is 0 Å². The molecule has 2 unspecified atom stereocenters. The van der Waals surface area contributed by atoms with Crippen LogP contribution in [-0.2, 0) is 25.0 Å². The van der Waals surface area contributed by atoms with Crippen molar-refractivity contribution in [3.63, 3.8) is 0 Å². The number of carbonyl (C=O) groups is 3. The summed E-state index contributed by atoms with van der Waals surface area (Å²) >= 11 is 5.99. The molecule has 290 valence electrons. The Balaban J connectivity index is 1.22. The van der Waals surface area contributed by atoms with E-state index >= 15 is 8.78 Å². The van der Waals surface area contributed by atoms with Gasteiger partial charge in [0.2, 0.25) is 6.10 Å². The highest BCUT2D eigenvalue weighted by Crippen LogP contribution is 2.41. The number of fused-ring (bicyclic) bond motifs is 3. The Hall–Kier alpha value is -4.75. The maximum atomic E-state index is 16.8. The molecule has 2 bridgehead atoms. The number of nitrogens with one attached hydrogen (secondary N) is 1. The molecule has 4 aromatic carbocycles. The van der Waals surface area contributed by atoms with E-state index in [9.17, 15) is 27.6 Å². The van der Waals surface area contributed by atoms with E-state index in [4.69, 9.17) is 26.8 Å². The van der Waals surface area contributed by atoms with Crippen molar-refractivity contribution in [2.24, 2.45) is 5.73 Å². The SMILES string of the molecule is NC1CC2CCC(C1)N2C(=O)[C@@H](NC(=O)[C@@H](OC(=O)C(F)(F)F)c1ccc2cc(OC3CCCC3)ccc2c1)C(F)(F)c1ccc(-c2ccc(Cl)cc2)cc1. The number of alkyl halides is 5. The van der Waals surface area contributed by atoms with Crippen LogP contribution < -0.4 is 15.8 Å². The minimum Gasteiger partial charge on any atom is -0.490 e. The van der Waals surface area contributed by atoms with E-state index in [-0.39, 0.29) is 17.7 Å². The average molecular weight is 784 g/mol. The fourth-order valence-corrected chi connectivity index (χ4v) is 8.20. The number of hydrogen-bond donors (Lipinski definition) is 2. The van der Waals surface area contributed by atoms with Crippen molar-refractivity contribution in [3.8, 4) is 16.9 Å². The lowest BCUT2D eigenvalue weighted by molar-refractivity contribution is -0.206. The normalized spacial score (nSPS) is 21.3. The van der Waals surface area contributed by atoms with Gasteiger partial charge in [0.25, 0.3) is 11.8 Å². The summed E-state index contributed by atoms with van der Waals surface area (Å²) in [5.41, 5.74) is 6.58. The summed E-state index contributed by atoms with van der Waals surface area (Å²) in [5, 5.41) is 3.60. The van der Waals surface area contributed by atoms with Gasteiger partial charge in [0.15, 0.2) is 6.04 Å². The Morgan fingerprint density at radius 2 is 1.36 bits per heavy atom. The lowest BCUT2D eigenvalue weighted by Crippen LogP contribution is -2.61. The van der Waals surface area contributed by atoms with Crippen LogP contribution >= 0.6 is 11.6 Å². The smallest absolute Gasteiger partial charge is 0.490 e. The summed E-state index contributed by atoms with van der Waals surface area (Å²) in [5.74, 6) is -8.85. The molecule has 7 rings (SSSR count). The quantitative estimate of drug-likeness (QED) is 0.124. The van der Waals surface area contributed by atoms with E-state index in [0.717, 1.165) is 37.8 Å². The van der Waals surface area contributed by atoms with Gasteiger partial charge in [0.1, 0.15) is 5.75 Å². The fourth-order valence-electron chi connectivity index (χ4n) is 8.07. The standard InChI is InChI=1S/C41H39ClF5N3O5/c42-29-14-9-24(10-15-29)23-7-12-28(13-8-23)40(43,44)36(38(52)50-31-16-17-32(50)22-30(48)21-31)49-37(51)35(55-39(53)41(45,46)47)27-6-5-26-20-34(18-11-25(26)19-27)54-33-3-1-2-4-33/h5-15,18-20,30-33,35-36H,1-4,16-17,21-22,48H2,(H,49,51)/t30?,31?,32?,35-,36+/m0/s1. The number of amides is 2. The van der Waals surface area contributed by atoms with Gasteiger partial charge in [-0.1, -0.05) is 66.2 Å². The summed E-state index contributed by atoms with van der Waals surface area (Å²) in [6.45, 7) is 0. The highest BCUT2D eigenvalue weighted by Gasteiger charge is 2.54. The zero-order valence-corrected chi connectivity index (χ0v) is 30.3. The molecule has 0 spiro atoms. The van der Waals surface area contributed by atoms with E-state index < -0.39 is 59.7 Å². The maximum Gasteiger partial charge on any atom is 0.490 e. The van der Waals surface area contributed by atoms with Gasteiger partial charge in [-0.25, -0.2) is 4.79 Å². The summed E-state index contributed by atoms with van der Waals surface area (Å²) < 4.78 is 85.2. The number of nitrogens with zero attached hydrogens (tertiary/aromatic N) is 1. The van der Waals surface area contributed by atoms with Crippen LogP contribution in [0.3, 0.4) is 0 Å². The molecule has 0 aromatic heterocycles. The second-order valence-corrected chi connectivity index (χ2v) is 15.0. The third-order valence-corrected chi connectivity index (χ3v) is 11.1. The second-order valence-electron chi connectivity index (χ2n) is 14.6. The van der Waals surface area contributed by atoms with Crippen molar-refractivity contribution in [1.82, 2.24) is 10.2 Å². The zero-order valence-electron chi connectivity index (χ0n) is 29.5. The summed E-state index contributed by atoms with van der Waals surface area (Å²) in [6.07, 6.45) is -2.08. The fraction of sp³-hybridized carbons (Fsp3) is 0.390. The Morgan fingerprint density at radius 1 is 0.782 bits per heavy atom. The first-order chi connectivity index (χ1) is 26.2. The highest BCUT2D eigenvalue weighted by atomic mass is 35.5. The van der Waals surface area contributed by atoms with E-state index in [1.165, 1.54) is 35.2 Å². The monoisotopic (exact) mass is 783 g/mol. The van der Waals surface area contributed by atoms with Crippen molar-refractivity contribution >= 4 is 40.2 Å². The van der Waals surface area contributed by atoms with Crippen molar-refractivity contribution < 1.29 is 45.8 Å². The lowest BCUT2D eigenvalue weighted by atomic mass is 9.93. The topological polar surface area (TPSA) is 111 Å². The number of nitrogens with two attached hydrogens (primary N) is 1. The largest absolute Gasteiger partial charge is 0.490 e. The number of rotatable bonds is 10. The van der Waals surface area contributed by atoms with Gasteiger partial charge < -0.3 is 25.4 Å². The van der Waals surface area contributed by atoms with Gasteiger partial charge in [-0.15, -0.1) is 0 Å². The maximum absolute atomic E-state index is 16.8. The molecule has 0 radical (unpaired) electrons. The molecule has 4 atom stereocenters. The first kappa shape index (κ1) is 38.5. The molecule has 1 saturated carbocycles. The Labute approximate surface area is 319 Å². The van der Waals surface area contributed by atoms with Crippen LogP contribution in [0.25, 0.3) is 21.9 Å². The van der Waals surface area contributed by atoms with Crippen LogP contribution in [-0.4, -0.2) is 59.1 Å². The first-order valence-corrected chi connectivity index (χ1v) is 18.7. The van der Waals surface area contributed by atoms with Crippen LogP contribution in [0.2, 0.25) is 5.02 Å². The minimum absolute atomic E-state index is 0.0682. The van der Waals surface area contributed by atoms with E-state index in [0.29, 0.717) is 58.4 Å². The number of benzene rings is 4. The number of carbonyl (C=O) groups excluding carboxylic acids is 3. The molecule has 55 heavy (non-hydrogen) atoms. The van der Waals surface area contributed by atoms with Crippen molar-refractivity contribution in [3.05, 3.63) is 101 Å². The molecule has 2 heterocycles. The Bertz CT molecular complexity index is 2040. The lowest BCUT2D eigenvalue weighted by Gasteiger charge is -2.41. The molecule has 14 heteroatoms. The van der Waals surface area contributed by atoms with E-state index in [1.807, 2.05) is 5.32 Å². The molecule has 3 fully saturated rings. The van der Waals surface area contributed by atoms with Crippen molar-refractivity contribution in [1.29, 1.82) is 0 Å². The summed E-state index contributed by atoms with van der Waals surface area (Å²) in [7, 11) is 0. The molecular formula is C41H39ClF5N3O5. The van der Waals surface area contributed by atoms with Crippen LogP contribution in [0.5, 0.6) is 5.75 Å². The summed E-state index contributed by atoms with van der Waals surface area (Å²) in [6, 6.07) is 17.2. The van der Waals surface area contributed by atoms with Gasteiger partial charge in [-0.05, 0) is 104 Å². The zero-order chi connectivity index (χ0) is 39.1. The van der Waals surface area contributed by atoms with Gasteiger partial charge >= 0.3 is 18.1 Å². The summed E-state index contributed by atoms with van der Waals surface area (Å²) in [4.78, 5) is 41.9. The highest BCUT2D eigenvalue weighted by molar-refractivity contribution is 6.30. The van der Waals surface area contributed by atoms with Crippen LogP contribution in [0.4, 0.5) is 22.0 Å². The first-order valence-electron chi connectivity index (χ1n) is 18.3. The molecule has 3 aliphatic rings.